The van der Waals surface area contributed by atoms with Crippen LogP contribution >= 0.6 is 0 Å². The molecule has 3 heterocycles. The second-order valence-electron chi connectivity index (χ2n) is 8.69. The Morgan fingerprint density at radius 3 is 2.66 bits per heavy atom. The Morgan fingerprint density at radius 1 is 1.14 bits per heavy atom. The van der Waals surface area contributed by atoms with Crippen molar-refractivity contribution in [1.82, 2.24) is 19.5 Å². The summed E-state index contributed by atoms with van der Waals surface area (Å²) < 4.78 is 12.6. The second kappa shape index (κ2) is 9.73. The van der Waals surface area contributed by atoms with Crippen molar-refractivity contribution in [2.45, 2.75) is 6.54 Å². The van der Waals surface area contributed by atoms with Gasteiger partial charge in [-0.3, -0.25) is 10.3 Å². The molecule has 2 aromatic heterocycles. The third-order valence-electron chi connectivity index (χ3n) is 6.26. The van der Waals surface area contributed by atoms with Gasteiger partial charge in [-0.1, -0.05) is 30.3 Å². The number of nitrogens with one attached hydrogen (secondary N) is 1. The molecule has 0 spiro atoms. The molecule has 2 N–H and O–H groups in total. The molecule has 2 aromatic carbocycles. The van der Waals surface area contributed by atoms with Crippen molar-refractivity contribution in [3.05, 3.63) is 71.5 Å². The molecular weight excluding hydrogens is 444 g/mol. The number of benzene rings is 2. The Morgan fingerprint density at radius 2 is 1.91 bits per heavy atom. The van der Waals surface area contributed by atoms with Crippen molar-refractivity contribution >= 4 is 17.3 Å². The molecular formula is C26H28N6O3. The molecule has 1 saturated heterocycles. The molecule has 0 bridgehead atoms. The predicted octanol–water partition coefficient (Wildman–Crippen LogP) is 3.12. The number of methoxy groups -OCH3 is 1. The van der Waals surface area contributed by atoms with Crippen molar-refractivity contribution in [2.24, 2.45) is 5.10 Å². The first-order valence-electron chi connectivity index (χ1n) is 11.5. The lowest BCUT2D eigenvalue weighted by Crippen LogP contribution is -2.43. The Hall–Kier alpha value is -3.95. The van der Waals surface area contributed by atoms with Crippen LogP contribution in [0.3, 0.4) is 0 Å². The summed E-state index contributed by atoms with van der Waals surface area (Å²) in [6.45, 7) is 4.50. The number of ether oxygens (including phenoxy) is 1. The number of hydrogen-bond acceptors (Lipinski definition) is 8. The van der Waals surface area contributed by atoms with E-state index in [9.17, 15) is 5.11 Å². The van der Waals surface area contributed by atoms with Crippen molar-refractivity contribution in [2.75, 3.05) is 40.3 Å². The Bertz CT molecular complexity index is 1420. The van der Waals surface area contributed by atoms with Gasteiger partial charge in [0.05, 0.1) is 18.7 Å². The molecule has 9 nitrogen and oxygen atoms in total. The van der Waals surface area contributed by atoms with Crippen LogP contribution in [0.4, 0.5) is 0 Å². The predicted molar refractivity (Wildman–Crippen MR) is 134 cm³/mol. The van der Waals surface area contributed by atoms with E-state index < -0.39 is 0 Å². The number of hydrogen-bond donors (Lipinski definition) is 2. The van der Waals surface area contributed by atoms with Crippen LogP contribution in [-0.2, 0) is 6.54 Å². The molecule has 0 saturated carbocycles. The number of furan rings is 1. The molecule has 0 atom stereocenters. The first kappa shape index (κ1) is 22.8. The van der Waals surface area contributed by atoms with Crippen molar-refractivity contribution in [3.8, 4) is 22.8 Å². The lowest BCUT2D eigenvalue weighted by molar-refractivity contribution is 0.147. The van der Waals surface area contributed by atoms with E-state index in [0.29, 0.717) is 29.2 Å². The van der Waals surface area contributed by atoms with Crippen molar-refractivity contribution in [3.63, 3.8) is 0 Å². The summed E-state index contributed by atoms with van der Waals surface area (Å²) in [5.41, 5.74) is 3.01. The number of phenolic OH excluding ortho intramolecular Hbond substituents is 1. The maximum atomic E-state index is 10.7. The molecule has 1 aliphatic rings. The zero-order valence-electron chi connectivity index (χ0n) is 19.8. The summed E-state index contributed by atoms with van der Waals surface area (Å²) in [5, 5.41) is 24.3. The average molecular weight is 473 g/mol. The molecule has 4 aromatic rings. The monoisotopic (exact) mass is 472 g/mol. The number of nitrogens with zero attached hydrogens (tertiary/aromatic N) is 5. The van der Waals surface area contributed by atoms with Gasteiger partial charge in [0.15, 0.2) is 17.0 Å². The SMILES string of the molecule is COc1cc(/C=N/n2cnc3oc(-c4ccccc4)cc3c2=N)cc(CN2CCN(C)CC2)c1O. The van der Waals surface area contributed by atoms with Crippen LogP contribution in [0.5, 0.6) is 11.5 Å². The van der Waals surface area contributed by atoms with Crippen molar-refractivity contribution < 1.29 is 14.3 Å². The van der Waals surface area contributed by atoms with Crippen LogP contribution in [0.1, 0.15) is 11.1 Å². The Labute approximate surface area is 203 Å². The highest BCUT2D eigenvalue weighted by atomic mass is 16.5. The summed E-state index contributed by atoms with van der Waals surface area (Å²) in [7, 11) is 3.65. The molecule has 0 aliphatic carbocycles. The molecule has 1 aliphatic heterocycles. The van der Waals surface area contributed by atoms with Crippen molar-refractivity contribution in [1.29, 1.82) is 5.41 Å². The molecule has 0 radical (unpaired) electrons. The highest BCUT2D eigenvalue weighted by Crippen LogP contribution is 2.32. The van der Waals surface area contributed by atoms with E-state index in [1.54, 1.807) is 12.3 Å². The minimum Gasteiger partial charge on any atom is -0.504 e. The number of aromatic hydroxyl groups is 1. The van der Waals surface area contributed by atoms with Gasteiger partial charge in [0.2, 0.25) is 5.71 Å². The van der Waals surface area contributed by atoms with Gasteiger partial charge in [-0.2, -0.15) is 5.10 Å². The van der Waals surface area contributed by atoms with E-state index >= 15 is 0 Å². The average Bonchev–Trinajstić information content (AvgIpc) is 3.32. The van der Waals surface area contributed by atoms with E-state index in [4.69, 9.17) is 14.6 Å². The Kier molecular flexibility index (Phi) is 6.35. The third-order valence-corrected chi connectivity index (χ3v) is 6.26. The fourth-order valence-corrected chi connectivity index (χ4v) is 4.18. The summed E-state index contributed by atoms with van der Waals surface area (Å²) in [5.74, 6) is 1.19. The molecule has 1 fully saturated rings. The molecule has 9 heteroatoms. The first-order valence-corrected chi connectivity index (χ1v) is 11.5. The molecule has 5 rings (SSSR count). The van der Waals surface area contributed by atoms with Crippen LogP contribution in [-0.4, -0.2) is 71.1 Å². The van der Waals surface area contributed by atoms with E-state index in [2.05, 4.69) is 26.9 Å². The highest BCUT2D eigenvalue weighted by molar-refractivity contribution is 5.82. The van der Waals surface area contributed by atoms with Gasteiger partial charge >= 0.3 is 0 Å². The summed E-state index contributed by atoms with van der Waals surface area (Å²) >= 11 is 0. The minimum absolute atomic E-state index is 0.146. The third kappa shape index (κ3) is 4.82. The molecule has 180 valence electrons. The lowest BCUT2D eigenvalue weighted by atomic mass is 10.1. The zero-order chi connectivity index (χ0) is 24.4. The van der Waals surface area contributed by atoms with Crippen LogP contribution in [0, 0.1) is 5.41 Å². The topological polar surface area (TPSA) is 103 Å². The minimum atomic E-state index is 0.146. The van der Waals surface area contributed by atoms with Crippen LogP contribution in [0.15, 0.2) is 64.4 Å². The maximum absolute atomic E-state index is 10.7. The van der Waals surface area contributed by atoms with Gasteiger partial charge in [0.25, 0.3) is 0 Å². The maximum Gasteiger partial charge on any atom is 0.231 e. The quantitative estimate of drug-likeness (QED) is 0.418. The van der Waals surface area contributed by atoms with Gasteiger partial charge in [0, 0.05) is 43.9 Å². The van der Waals surface area contributed by atoms with Gasteiger partial charge in [-0.25, -0.2) is 9.66 Å². The Balaban J connectivity index is 1.43. The zero-order valence-corrected chi connectivity index (χ0v) is 19.8. The number of piperazine rings is 1. The highest BCUT2D eigenvalue weighted by Gasteiger charge is 2.18. The standard InChI is InChI=1S/C26H28N6O3/c1-30-8-10-31(11-9-30)16-20-12-18(13-23(34-2)24(20)33)15-29-32-17-28-26-21(25(32)27)14-22(35-26)19-6-4-3-5-7-19/h3-7,12-15,17,27,33H,8-11,16H2,1-2H3/b27-25?,29-15+. The second-order valence-corrected chi connectivity index (χ2v) is 8.69. The van der Waals surface area contributed by atoms with Gasteiger partial charge in [0.1, 0.15) is 12.1 Å². The number of likely N-dealkylation sites (N-methyl/N-ethyl adjacent to an activating group) is 1. The van der Waals surface area contributed by atoms with E-state index in [0.717, 1.165) is 42.9 Å². The van der Waals surface area contributed by atoms with Crippen LogP contribution in [0.2, 0.25) is 0 Å². The van der Waals surface area contributed by atoms with Crippen LogP contribution in [0.25, 0.3) is 22.4 Å². The van der Waals surface area contributed by atoms with Gasteiger partial charge < -0.3 is 19.2 Å². The molecule has 0 amide bonds. The molecule has 0 unspecified atom stereocenters. The number of rotatable bonds is 6. The van der Waals surface area contributed by atoms with E-state index in [1.807, 2.05) is 42.5 Å². The largest absolute Gasteiger partial charge is 0.504 e. The summed E-state index contributed by atoms with van der Waals surface area (Å²) in [6.07, 6.45) is 3.10. The van der Waals surface area contributed by atoms with E-state index in [-0.39, 0.29) is 11.2 Å². The first-order chi connectivity index (χ1) is 17.0. The lowest BCUT2D eigenvalue weighted by Gasteiger charge is -2.32. The number of fused-ring (bicyclic) bond motifs is 1. The fourth-order valence-electron chi connectivity index (χ4n) is 4.18. The smallest absolute Gasteiger partial charge is 0.231 e. The summed E-state index contributed by atoms with van der Waals surface area (Å²) in [6, 6.07) is 15.2. The van der Waals surface area contributed by atoms with E-state index in [1.165, 1.54) is 18.1 Å². The normalized spacial score (nSPS) is 15.3. The number of aromatic nitrogens is 2. The van der Waals surface area contributed by atoms with Gasteiger partial charge in [-0.05, 0) is 30.8 Å². The molecule has 35 heavy (non-hydrogen) atoms. The number of phenols is 1. The summed E-state index contributed by atoms with van der Waals surface area (Å²) in [4.78, 5) is 8.94. The van der Waals surface area contributed by atoms with Gasteiger partial charge in [-0.15, -0.1) is 0 Å². The fraction of sp³-hybridized carbons (Fsp3) is 0.269. The van der Waals surface area contributed by atoms with Crippen LogP contribution < -0.4 is 10.2 Å².